The molecule has 17 heavy (non-hydrogen) atoms. The molecule has 0 unspecified atom stereocenters. The summed E-state index contributed by atoms with van der Waals surface area (Å²) in [4.78, 5) is 0. The molecule has 2 rings (SSSR count). The third kappa shape index (κ3) is 3.86. The number of hydrogen-bond donors (Lipinski definition) is 1. The highest BCUT2D eigenvalue weighted by Crippen LogP contribution is 2.19. The Morgan fingerprint density at radius 2 is 1.88 bits per heavy atom. The van der Waals surface area contributed by atoms with Gasteiger partial charge in [0.25, 0.3) is 0 Å². The van der Waals surface area contributed by atoms with Crippen LogP contribution in [0.25, 0.3) is 0 Å². The number of rotatable bonds is 4. The second kappa shape index (κ2) is 6.40. The Morgan fingerprint density at radius 3 is 2.53 bits per heavy atom. The van der Waals surface area contributed by atoms with Crippen LogP contribution in [-0.2, 0) is 11.2 Å². The average Bonchev–Trinajstić information content (AvgIpc) is 2.41. The predicted molar refractivity (Wildman–Crippen MR) is 67.6 cm³/mol. The summed E-state index contributed by atoms with van der Waals surface area (Å²) < 4.78 is 5.84. The summed E-state index contributed by atoms with van der Waals surface area (Å²) in [5.41, 5.74) is 2.23. The van der Waals surface area contributed by atoms with E-state index in [4.69, 9.17) is 9.94 Å². The summed E-state index contributed by atoms with van der Waals surface area (Å²) >= 11 is 0. The lowest BCUT2D eigenvalue weighted by Crippen LogP contribution is -2.22. The lowest BCUT2D eigenvalue weighted by Gasteiger charge is -2.22. The van der Waals surface area contributed by atoms with Crippen molar-refractivity contribution in [3.63, 3.8) is 0 Å². The van der Waals surface area contributed by atoms with Crippen LogP contribution in [-0.4, -0.2) is 23.6 Å². The Morgan fingerprint density at radius 1 is 1.18 bits per heavy atom. The zero-order valence-corrected chi connectivity index (χ0v) is 10.0. The second-order valence-electron chi connectivity index (χ2n) is 4.47. The maximum Gasteiger partial charge on any atom is 0.0582 e. The van der Waals surface area contributed by atoms with Gasteiger partial charge in [0.2, 0.25) is 0 Å². The molecule has 0 heterocycles. The molecule has 1 N–H and O–H groups in total. The Balaban J connectivity index is 1.66. The zero-order valence-electron chi connectivity index (χ0n) is 10.0. The number of hydrogen-bond acceptors (Lipinski definition) is 3. The largest absolute Gasteiger partial charge is 0.411 e. The van der Waals surface area contributed by atoms with E-state index in [0.717, 1.165) is 44.4 Å². The fourth-order valence-electron chi connectivity index (χ4n) is 2.18. The van der Waals surface area contributed by atoms with E-state index in [0.29, 0.717) is 6.10 Å². The summed E-state index contributed by atoms with van der Waals surface area (Å²) in [5, 5.41) is 11.9. The number of benzene rings is 1. The van der Waals surface area contributed by atoms with Crippen LogP contribution in [0.4, 0.5) is 0 Å². The monoisotopic (exact) mass is 233 g/mol. The SMILES string of the molecule is ON=C1CCC(OCCc2ccccc2)CC1. The van der Waals surface area contributed by atoms with Crippen molar-refractivity contribution in [3.8, 4) is 0 Å². The van der Waals surface area contributed by atoms with Gasteiger partial charge in [-0.15, -0.1) is 0 Å². The summed E-state index contributed by atoms with van der Waals surface area (Å²) in [7, 11) is 0. The van der Waals surface area contributed by atoms with Gasteiger partial charge in [0.05, 0.1) is 18.4 Å². The Hall–Kier alpha value is -1.35. The molecule has 0 amide bonds. The van der Waals surface area contributed by atoms with Gasteiger partial charge in [-0.3, -0.25) is 0 Å². The summed E-state index contributed by atoms with van der Waals surface area (Å²) in [6, 6.07) is 10.4. The number of ether oxygens (including phenoxy) is 1. The van der Waals surface area contributed by atoms with Crippen LogP contribution in [0.2, 0.25) is 0 Å². The molecule has 1 aromatic rings. The molecule has 0 aliphatic heterocycles. The van der Waals surface area contributed by atoms with E-state index >= 15 is 0 Å². The van der Waals surface area contributed by atoms with Gasteiger partial charge in [0.15, 0.2) is 0 Å². The van der Waals surface area contributed by atoms with Crippen molar-refractivity contribution in [2.75, 3.05) is 6.61 Å². The van der Waals surface area contributed by atoms with Gasteiger partial charge in [-0.25, -0.2) is 0 Å². The van der Waals surface area contributed by atoms with Crippen molar-refractivity contribution in [1.29, 1.82) is 0 Å². The lowest BCUT2D eigenvalue weighted by atomic mass is 9.96. The van der Waals surface area contributed by atoms with Crippen molar-refractivity contribution in [1.82, 2.24) is 0 Å². The highest BCUT2D eigenvalue weighted by Gasteiger charge is 2.17. The molecule has 1 fully saturated rings. The van der Waals surface area contributed by atoms with Gasteiger partial charge in [0.1, 0.15) is 0 Å². The van der Waals surface area contributed by atoms with Gasteiger partial charge in [-0.2, -0.15) is 0 Å². The Bertz CT molecular complexity index is 352. The first kappa shape index (κ1) is 12.1. The summed E-state index contributed by atoms with van der Waals surface area (Å²) in [6.45, 7) is 0.778. The van der Waals surface area contributed by atoms with Gasteiger partial charge in [-0.1, -0.05) is 35.5 Å². The van der Waals surface area contributed by atoms with Crippen LogP contribution in [0.15, 0.2) is 35.5 Å². The molecule has 0 atom stereocenters. The van der Waals surface area contributed by atoms with E-state index in [2.05, 4.69) is 29.4 Å². The summed E-state index contributed by atoms with van der Waals surface area (Å²) in [6.07, 6.45) is 5.00. The van der Waals surface area contributed by atoms with Gasteiger partial charge >= 0.3 is 0 Å². The molecule has 1 aromatic carbocycles. The molecule has 1 saturated carbocycles. The molecule has 0 spiro atoms. The average molecular weight is 233 g/mol. The fourth-order valence-corrected chi connectivity index (χ4v) is 2.18. The molecular weight excluding hydrogens is 214 g/mol. The van der Waals surface area contributed by atoms with Gasteiger partial charge in [-0.05, 0) is 37.7 Å². The van der Waals surface area contributed by atoms with E-state index < -0.39 is 0 Å². The van der Waals surface area contributed by atoms with Crippen LogP contribution < -0.4 is 0 Å². The fraction of sp³-hybridized carbons (Fsp3) is 0.500. The molecule has 1 aliphatic carbocycles. The smallest absolute Gasteiger partial charge is 0.0582 e. The van der Waals surface area contributed by atoms with E-state index in [1.54, 1.807) is 0 Å². The minimum Gasteiger partial charge on any atom is -0.411 e. The van der Waals surface area contributed by atoms with Crippen molar-refractivity contribution in [2.24, 2.45) is 5.16 Å². The molecule has 0 saturated heterocycles. The molecule has 0 aromatic heterocycles. The van der Waals surface area contributed by atoms with Crippen LogP contribution in [0.3, 0.4) is 0 Å². The van der Waals surface area contributed by atoms with Gasteiger partial charge < -0.3 is 9.94 Å². The topological polar surface area (TPSA) is 41.8 Å². The first-order valence-electron chi connectivity index (χ1n) is 6.24. The third-order valence-corrected chi connectivity index (χ3v) is 3.24. The van der Waals surface area contributed by atoms with Crippen molar-refractivity contribution in [2.45, 2.75) is 38.2 Å². The first-order chi connectivity index (χ1) is 8.38. The third-order valence-electron chi connectivity index (χ3n) is 3.24. The Kier molecular flexibility index (Phi) is 4.56. The molecule has 3 heteroatoms. The maximum atomic E-state index is 8.65. The van der Waals surface area contributed by atoms with E-state index in [1.807, 2.05) is 6.07 Å². The quantitative estimate of drug-likeness (QED) is 0.641. The molecule has 0 bridgehead atoms. The minimum absolute atomic E-state index is 0.337. The van der Waals surface area contributed by atoms with E-state index in [-0.39, 0.29) is 0 Å². The van der Waals surface area contributed by atoms with Crippen molar-refractivity contribution < 1.29 is 9.94 Å². The van der Waals surface area contributed by atoms with Crippen LogP contribution in [0.5, 0.6) is 0 Å². The van der Waals surface area contributed by atoms with Crippen LogP contribution in [0.1, 0.15) is 31.2 Å². The zero-order chi connectivity index (χ0) is 11.9. The second-order valence-corrected chi connectivity index (χ2v) is 4.47. The first-order valence-corrected chi connectivity index (χ1v) is 6.24. The number of nitrogens with zero attached hydrogens (tertiary/aromatic N) is 1. The Labute approximate surface area is 102 Å². The maximum absolute atomic E-state index is 8.65. The minimum atomic E-state index is 0.337. The van der Waals surface area contributed by atoms with Crippen LogP contribution in [0, 0.1) is 0 Å². The molecule has 0 radical (unpaired) electrons. The molecule has 3 nitrogen and oxygen atoms in total. The highest BCUT2D eigenvalue weighted by molar-refractivity contribution is 5.84. The number of oxime groups is 1. The summed E-state index contributed by atoms with van der Waals surface area (Å²) in [5.74, 6) is 0. The molecule has 1 aliphatic rings. The van der Waals surface area contributed by atoms with E-state index in [9.17, 15) is 0 Å². The molecular formula is C14H19NO2. The lowest BCUT2D eigenvalue weighted by molar-refractivity contribution is 0.0418. The molecule has 92 valence electrons. The van der Waals surface area contributed by atoms with Gasteiger partial charge in [0, 0.05) is 0 Å². The predicted octanol–water partition coefficient (Wildman–Crippen LogP) is 3.02. The van der Waals surface area contributed by atoms with E-state index in [1.165, 1.54) is 5.56 Å². The highest BCUT2D eigenvalue weighted by atomic mass is 16.5. The van der Waals surface area contributed by atoms with Crippen LogP contribution >= 0.6 is 0 Å². The normalized spacial score (nSPS) is 20.2. The van der Waals surface area contributed by atoms with Crippen molar-refractivity contribution in [3.05, 3.63) is 35.9 Å². The van der Waals surface area contributed by atoms with Crippen molar-refractivity contribution >= 4 is 5.71 Å². The standard InChI is InChI=1S/C14H19NO2/c16-15-13-6-8-14(9-7-13)17-11-10-12-4-2-1-3-5-12/h1-5,14,16H,6-11H2.